The first-order valence-electron chi connectivity index (χ1n) is 11.0. The summed E-state index contributed by atoms with van der Waals surface area (Å²) in [5.74, 6) is -1.97. The molecular weight excluding hydrogens is 429 g/mol. The van der Waals surface area contributed by atoms with E-state index in [-0.39, 0.29) is 23.7 Å². The van der Waals surface area contributed by atoms with Gasteiger partial charge in [-0.2, -0.15) is 4.39 Å². The van der Waals surface area contributed by atoms with E-state index in [0.29, 0.717) is 11.1 Å². The molecule has 4 aromatic rings. The Bertz CT molecular complexity index is 1330. The van der Waals surface area contributed by atoms with Gasteiger partial charge in [-0.05, 0) is 53.8 Å². The molecule has 170 valence electrons. The predicted octanol–water partition coefficient (Wildman–Crippen LogP) is 6.61. The number of carbonyl (C=O) groups is 2. The number of hydrogen-bond donors (Lipinski definition) is 1. The normalized spacial score (nSPS) is 11.7. The number of aromatic nitrogens is 1. The van der Waals surface area contributed by atoms with Crippen molar-refractivity contribution < 1.29 is 19.1 Å². The largest absolute Gasteiger partial charge is 0.478 e. The van der Waals surface area contributed by atoms with E-state index in [4.69, 9.17) is 5.11 Å². The number of carboxylic acid groups (broad SMARTS) is 1. The summed E-state index contributed by atoms with van der Waals surface area (Å²) in [6, 6.07) is 23.9. The number of hydrogen-bond acceptors (Lipinski definition) is 3. The lowest BCUT2D eigenvalue weighted by molar-refractivity contribution is 0.0696. The van der Waals surface area contributed by atoms with Gasteiger partial charge in [0.25, 0.3) is 0 Å². The van der Waals surface area contributed by atoms with Crippen LogP contribution in [-0.2, 0) is 0 Å². The molecule has 0 aliphatic heterocycles. The van der Waals surface area contributed by atoms with E-state index in [9.17, 15) is 14.0 Å². The summed E-state index contributed by atoms with van der Waals surface area (Å²) < 4.78 is 13.7. The van der Waals surface area contributed by atoms with Gasteiger partial charge in [0.2, 0.25) is 5.95 Å². The fourth-order valence-electron chi connectivity index (χ4n) is 4.03. The molecule has 1 unspecified atom stereocenters. The first-order chi connectivity index (χ1) is 16.3. The number of pyridine rings is 1. The molecular formula is C29H24FNO3. The number of carbonyl (C=O) groups excluding carboxylic acids is 1. The smallest absolute Gasteiger partial charge is 0.335 e. The van der Waals surface area contributed by atoms with Crippen molar-refractivity contribution in [3.63, 3.8) is 0 Å². The molecule has 1 N–H and O–H groups in total. The average molecular weight is 454 g/mol. The number of nitrogens with zero attached hydrogens (tertiary/aromatic N) is 1. The molecule has 0 spiro atoms. The Morgan fingerprint density at radius 2 is 1.38 bits per heavy atom. The summed E-state index contributed by atoms with van der Waals surface area (Å²) in [6.45, 7) is 3.77. The number of ketones is 1. The van der Waals surface area contributed by atoms with Crippen molar-refractivity contribution >= 4 is 11.8 Å². The Labute approximate surface area is 197 Å². The summed E-state index contributed by atoms with van der Waals surface area (Å²) in [6.07, 6.45) is 1.58. The maximum atomic E-state index is 13.7. The van der Waals surface area contributed by atoms with Crippen LogP contribution < -0.4 is 0 Å². The maximum absolute atomic E-state index is 13.7. The molecule has 34 heavy (non-hydrogen) atoms. The lowest BCUT2D eigenvalue weighted by Crippen LogP contribution is -2.11. The SMILES string of the molecule is Cc1ccc(C(CC(=O)c2cc(F)ncc2C)c2ccc(-c3ccc(C(=O)O)cc3)cc2)cc1. The minimum absolute atomic E-state index is 0.141. The standard InChI is InChI=1S/C29H24FNO3/c1-18-3-5-22(6-4-18)26(15-27(32)25-16-28(30)31-17-19(25)2)23-11-7-20(8-12-23)21-9-13-24(14-10-21)29(33)34/h3-14,16-17,26H,15H2,1-2H3,(H,33,34). The number of aryl methyl sites for hydroxylation is 2. The van der Waals surface area contributed by atoms with Crippen molar-refractivity contribution in [1.82, 2.24) is 4.98 Å². The van der Waals surface area contributed by atoms with Crippen molar-refractivity contribution in [2.24, 2.45) is 0 Å². The quantitative estimate of drug-likeness (QED) is 0.253. The van der Waals surface area contributed by atoms with Crippen LogP contribution in [0.3, 0.4) is 0 Å². The fourth-order valence-corrected chi connectivity index (χ4v) is 4.03. The first kappa shape index (κ1) is 23.1. The van der Waals surface area contributed by atoms with E-state index >= 15 is 0 Å². The Morgan fingerprint density at radius 1 is 0.853 bits per heavy atom. The molecule has 0 aliphatic rings. The van der Waals surface area contributed by atoms with Crippen molar-refractivity contribution in [2.45, 2.75) is 26.2 Å². The molecule has 0 fully saturated rings. The average Bonchev–Trinajstić information content (AvgIpc) is 2.85. The van der Waals surface area contributed by atoms with Crippen LogP contribution in [0.4, 0.5) is 4.39 Å². The van der Waals surface area contributed by atoms with Crippen LogP contribution in [-0.4, -0.2) is 21.8 Å². The van der Waals surface area contributed by atoms with Crippen molar-refractivity contribution in [3.05, 3.63) is 124 Å². The molecule has 0 saturated heterocycles. The second kappa shape index (κ2) is 9.79. The third kappa shape index (κ3) is 5.09. The highest BCUT2D eigenvalue weighted by atomic mass is 19.1. The lowest BCUT2D eigenvalue weighted by Gasteiger charge is -2.19. The Hall–Kier alpha value is -4.12. The van der Waals surface area contributed by atoms with Gasteiger partial charge in [0.05, 0.1) is 5.56 Å². The third-order valence-electron chi connectivity index (χ3n) is 6.02. The number of Topliss-reactive ketones (excluding diaryl/α,β-unsaturated/α-hetero) is 1. The summed E-state index contributed by atoms with van der Waals surface area (Å²) in [7, 11) is 0. The van der Waals surface area contributed by atoms with Crippen LogP contribution in [0.15, 0.2) is 85.1 Å². The van der Waals surface area contributed by atoms with E-state index in [2.05, 4.69) is 4.98 Å². The highest BCUT2D eigenvalue weighted by Crippen LogP contribution is 2.32. The number of carboxylic acids is 1. The molecule has 0 amide bonds. The zero-order valence-electron chi connectivity index (χ0n) is 19.0. The number of benzene rings is 3. The summed E-state index contributed by atoms with van der Waals surface area (Å²) in [5.41, 5.74) is 6.18. The molecule has 0 bridgehead atoms. The van der Waals surface area contributed by atoms with Gasteiger partial charge in [-0.25, -0.2) is 9.78 Å². The molecule has 1 heterocycles. The van der Waals surface area contributed by atoms with Crippen molar-refractivity contribution in [2.75, 3.05) is 0 Å². The zero-order chi connectivity index (χ0) is 24.2. The second-order valence-corrected chi connectivity index (χ2v) is 8.42. The van der Waals surface area contributed by atoms with Crippen LogP contribution in [0.25, 0.3) is 11.1 Å². The summed E-state index contributed by atoms with van der Waals surface area (Å²) in [4.78, 5) is 27.9. The first-order valence-corrected chi connectivity index (χ1v) is 11.0. The van der Waals surface area contributed by atoms with Gasteiger partial charge in [-0.3, -0.25) is 4.79 Å². The fraction of sp³-hybridized carbons (Fsp3) is 0.138. The third-order valence-corrected chi connectivity index (χ3v) is 6.02. The zero-order valence-corrected chi connectivity index (χ0v) is 19.0. The highest BCUT2D eigenvalue weighted by molar-refractivity contribution is 5.98. The van der Waals surface area contributed by atoms with E-state index in [0.717, 1.165) is 27.8 Å². The highest BCUT2D eigenvalue weighted by Gasteiger charge is 2.21. The number of aromatic carboxylic acids is 1. The van der Waals surface area contributed by atoms with Crippen LogP contribution in [0.1, 0.15) is 55.3 Å². The second-order valence-electron chi connectivity index (χ2n) is 8.42. The molecule has 4 rings (SSSR count). The van der Waals surface area contributed by atoms with Gasteiger partial charge < -0.3 is 5.11 Å². The number of rotatable bonds is 7. The van der Waals surface area contributed by atoms with Gasteiger partial charge in [-0.1, -0.05) is 66.2 Å². The molecule has 1 aromatic heterocycles. The van der Waals surface area contributed by atoms with Crippen molar-refractivity contribution in [3.8, 4) is 11.1 Å². The van der Waals surface area contributed by atoms with Crippen LogP contribution in [0, 0.1) is 19.8 Å². The molecule has 1 atom stereocenters. The molecule has 0 aliphatic carbocycles. The maximum Gasteiger partial charge on any atom is 0.335 e. The van der Waals surface area contributed by atoms with E-state index in [1.54, 1.807) is 31.2 Å². The molecule has 3 aromatic carbocycles. The molecule has 0 radical (unpaired) electrons. The minimum atomic E-state index is -0.961. The minimum Gasteiger partial charge on any atom is -0.478 e. The van der Waals surface area contributed by atoms with E-state index in [1.807, 2.05) is 55.5 Å². The molecule has 0 saturated carbocycles. The topological polar surface area (TPSA) is 67.3 Å². The predicted molar refractivity (Wildman–Crippen MR) is 130 cm³/mol. The van der Waals surface area contributed by atoms with Gasteiger partial charge >= 0.3 is 5.97 Å². The van der Waals surface area contributed by atoms with E-state index in [1.165, 1.54) is 12.3 Å². The van der Waals surface area contributed by atoms with Crippen LogP contribution in [0.5, 0.6) is 0 Å². The number of halogens is 1. The Morgan fingerprint density at radius 3 is 1.94 bits per heavy atom. The van der Waals surface area contributed by atoms with Gasteiger partial charge in [-0.15, -0.1) is 0 Å². The Kier molecular flexibility index (Phi) is 6.64. The monoisotopic (exact) mass is 453 g/mol. The lowest BCUT2D eigenvalue weighted by atomic mass is 9.84. The van der Waals surface area contributed by atoms with Gasteiger partial charge in [0, 0.05) is 30.2 Å². The molecule has 5 heteroatoms. The van der Waals surface area contributed by atoms with Crippen LogP contribution in [0.2, 0.25) is 0 Å². The van der Waals surface area contributed by atoms with Gasteiger partial charge in [0.1, 0.15) is 0 Å². The Balaban J connectivity index is 1.66. The summed E-state index contributed by atoms with van der Waals surface area (Å²) >= 11 is 0. The van der Waals surface area contributed by atoms with Gasteiger partial charge in [0.15, 0.2) is 5.78 Å². The van der Waals surface area contributed by atoms with E-state index < -0.39 is 11.9 Å². The van der Waals surface area contributed by atoms with Crippen LogP contribution >= 0.6 is 0 Å². The molecule has 4 nitrogen and oxygen atoms in total. The summed E-state index contributed by atoms with van der Waals surface area (Å²) in [5, 5.41) is 9.10. The van der Waals surface area contributed by atoms with Crippen molar-refractivity contribution in [1.29, 1.82) is 0 Å².